The lowest BCUT2D eigenvalue weighted by Crippen LogP contribution is -2.25. The molecule has 0 spiro atoms. The maximum absolute atomic E-state index is 10.9. The van der Waals surface area contributed by atoms with Gasteiger partial charge in [0.2, 0.25) is 0 Å². The molecule has 1 rings (SSSR count). The standard InChI is InChI=1S/C12H21N3O2/c1-11-13-6-8-15(11)10-9-14(2)7-4-5-12(16)17-3/h6,8H,4-5,7,9-10H2,1-3H3. The van der Waals surface area contributed by atoms with Gasteiger partial charge in [-0.15, -0.1) is 0 Å². The Kier molecular flexibility index (Phi) is 5.69. The normalized spacial score (nSPS) is 10.8. The molecule has 1 aromatic rings. The summed E-state index contributed by atoms with van der Waals surface area (Å²) >= 11 is 0. The van der Waals surface area contributed by atoms with Crippen LogP contribution in [0.1, 0.15) is 18.7 Å². The molecule has 0 saturated carbocycles. The van der Waals surface area contributed by atoms with Crippen LogP contribution in [-0.4, -0.2) is 47.7 Å². The third-order valence-corrected chi connectivity index (χ3v) is 2.79. The second-order valence-electron chi connectivity index (χ2n) is 4.15. The number of nitrogens with zero attached hydrogens (tertiary/aromatic N) is 3. The van der Waals surface area contributed by atoms with Crippen molar-refractivity contribution in [2.24, 2.45) is 0 Å². The maximum Gasteiger partial charge on any atom is 0.305 e. The second kappa shape index (κ2) is 7.06. The minimum Gasteiger partial charge on any atom is -0.469 e. The van der Waals surface area contributed by atoms with Crippen molar-refractivity contribution in [1.82, 2.24) is 14.5 Å². The summed E-state index contributed by atoms with van der Waals surface area (Å²) in [4.78, 5) is 17.3. The smallest absolute Gasteiger partial charge is 0.305 e. The molecule has 0 aliphatic rings. The third-order valence-electron chi connectivity index (χ3n) is 2.79. The topological polar surface area (TPSA) is 47.4 Å². The first-order chi connectivity index (χ1) is 8.13. The molecule has 1 aromatic heterocycles. The van der Waals surface area contributed by atoms with E-state index in [4.69, 9.17) is 0 Å². The van der Waals surface area contributed by atoms with Crippen LogP contribution in [0.3, 0.4) is 0 Å². The lowest BCUT2D eigenvalue weighted by atomic mass is 10.3. The number of carbonyl (C=O) groups is 1. The van der Waals surface area contributed by atoms with Gasteiger partial charge in [-0.2, -0.15) is 0 Å². The van der Waals surface area contributed by atoms with Crippen molar-refractivity contribution in [1.29, 1.82) is 0 Å². The first-order valence-corrected chi connectivity index (χ1v) is 5.86. The molecule has 0 unspecified atom stereocenters. The Bertz CT molecular complexity index is 349. The summed E-state index contributed by atoms with van der Waals surface area (Å²) in [6.45, 7) is 4.79. The van der Waals surface area contributed by atoms with Crippen LogP contribution in [0.2, 0.25) is 0 Å². The van der Waals surface area contributed by atoms with Crippen molar-refractivity contribution in [3.05, 3.63) is 18.2 Å². The Morgan fingerprint density at radius 1 is 1.53 bits per heavy atom. The van der Waals surface area contributed by atoms with Crippen LogP contribution >= 0.6 is 0 Å². The van der Waals surface area contributed by atoms with Gasteiger partial charge < -0.3 is 14.2 Å². The van der Waals surface area contributed by atoms with Gasteiger partial charge in [0.15, 0.2) is 0 Å². The summed E-state index contributed by atoms with van der Waals surface area (Å²) in [7, 11) is 3.48. The second-order valence-corrected chi connectivity index (χ2v) is 4.15. The van der Waals surface area contributed by atoms with Gasteiger partial charge in [-0.3, -0.25) is 4.79 Å². The van der Waals surface area contributed by atoms with Crippen LogP contribution < -0.4 is 0 Å². The lowest BCUT2D eigenvalue weighted by molar-refractivity contribution is -0.140. The van der Waals surface area contributed by atoms with Gasteiger partial charge in [-0.1, -0.05) is 0 Å². The summed E-state index contributed by atoms with van der Waals surface area (Å²) in [5.74, 6) is 0.900. The first-order valence-electron chi connectivity index (χ1n) is 5.86. The first kappa shape index (κ1) is 13.7. The van der Waals surface area contributed by atoms with Gasteiger partial charge in [0.25, 0.3) is 0 Å². The van der Waals surface area contributed by atoms with E-state index in [1.807, 2.05) is 19.3 Å². The van der Waals surface area contributed by atoms with E-state index >= 15 is 0 Å². The quantitative estimate of drug-likeness (QED) is 0.668. The number of ether oxygens (including phenoxy) is 1. The van der Waals surface area contributed by atoms with Crippen LogP contribution in [-0.2, 0) is 16.1 Å². The predicted octanol–water partition coefficient (Wildman–Crippen LogP) is 1.08. The number of rotatable bonds is 7. The molecule has 0 atom stereocenters. The van der Waals surface area contributed by atoms with E-state index in [1.54, 1.807) is 0 Å². The van der Waals surface area contributed by atoms with E-state index in [-0.39, 0.29) is 5.97 Å². The molecule has 0 radical (unpaired) electrons. The number of aryl methyl sites for hydroxylation is 1. The van der Waals surface area contributed by atoms with Gasteiger partial charge in [0, 0.05) is 31.9 Å². The molecule has 0 aliphatic heterocycles. The number of hydrogen-bond donors (Lipinski definition) is 0. The lowest BCUT2D eigenvalue weighted by Gasteiger charge is -2.16. The summed E-state index contributed by atoms with van der Waals surface area (Å²) in [5, 5.41) is 0. The number of methoxy groups -OCH3 is 1. The summed E-state index contributed by atoms with van der Waals surface area (Å²) in [6, 6.07) is 0. The highest BCUT2D eigenvalue weighted by Gasteiger charge is 2.03. The fraction of sp³-hybridized carbons (Fsp3) is 0.667. The largest absolute Gasteiger partial charge is 0.469 e. The Morgan fingerprint density at radius 3 is 2.88 bits per heavy atom. The zero-order valence-electron chi connectivity index (χ0n) is 10.8. The number of likely N-dealkylation sites (N-methyl/N-ethyl adjacent to an activating group) is 1. The van der Waals surface area contributed by atoms with Gasteiger partial charge in [0.05, 0.1) is 7.11 Å². The van der Waals surface area contributed by atoms with Crippen molar-refractivity contribution < 1.29 is 9.53 Å². The maximum atomic E-state index is 10.9. The minimum atomic E-state index is -0.135. The van der Waals surface area contributed by atoms with Crippen LogP contribution in [0.15, 0.2) is 12.4 Å². The van der Waals surface area contributed by atoms with E-state index in [9.17, 15) is 4.79 Å². The number of esters is 1. The molecule has 1 heterocycles. The van der Waals surface area contributed by atoms with Crippen LogP contribution in [0.5, 0.6) is 0 Å². The Labute approximate surface area is 102 Å². The molecule has 0 aliphatic carbocycles. The molecule has 0 aromatic carbocycles. The molecule has 0 amide bonds. The fourth-order valence-corrected chi connectivity index (χ4v) is 1.63. The summed E-state index contributed by atoms with van der Waals surface area (Å²) < 4.78 is 6.72. The third kappa shape index (κ3) is 4.99. The predicted molar refractivity (Wildman–Crippen MR) is 65.7 cm³/mol. The van der Waals surface area contributed by atoms with Crippen LogP contribution in [0, 0.1) is 6.92 Å². The minimum absolute atomic E-state index is 0.135. The molecule has 0 N–H and O–H groups in total. The molecule has 0 fully saturated rings. The van der Waals surface area contributed by atoms with Crippen molar-refractivity contribution in [3.8, 4) is 0 Å². The molecular formula is C12H21N3O2. The molecule has 5 nitrogen and oxygen atoms in total. The van der Waals surface area contributed by atoms with Gasteiger partial charge >= 0.3 is 5.97 Å². The van der Waals surface area contributed by atoms with Crippen LogP contribution in [0.25, 0.3) is 0 Å². The van der Waals surface area contributed by atoms with E-state index < -0.39 is 0 Å². The average molecular weight is 239 g/mol. The van der Waals surface area contributed by atoms with Crippen molar-refractivity contribution in [2.45, 2.75) is 26.3 Å². The zero-order valence-corrected chi connectivity index (χ0v) is 10.8. The van der Waals surface area contributed by atoms with Gasteiger partial charge in [-0.25, -0.2) is 4.98 Å². The molecule has 17 heavy (non-hydrogen) atoms. The van der Waals surface area contributed by atoms with Crippen molar-refractivity contribution in [2.75, 3.05) is 27.2 Å². The van der Waals surface area contributed by atoms with Crippen molar-refractivity contribution >= 4 is 5.97 Å². The summed E-state index contributed by atoms with van der Waals surface area (Å²) in [6.07, 6.45) is 5.13. The molecule has 0 bridgehead atoms. The molecule has 5 heteroatoms. The van der Waals surface area contributed by atoms with Crippen LogP contribution in [0.4, 0.5) is 0 Å². The Balaban J connectivity index is 2.15. The van der Waals surface area contributed by atoms with Gasteiger partial charge in [-0.05, 0) is 26.9 Å². The zero-order chi connectivity index (χ0) is 12.7. The van der Waals surface area contributed by atoms with Gasteiger partial charge in [0.1, 0.15) is 5.82 Å². The molecule has 0 saturated heterocycles. The Hall–Kier alpha value is -1.36. The Morgan fingerprint density at radius 2 is 2.29 bits per heavy atom. The van der Waals surface area contributed by atoms with E-state index in [0.29, 0.717) is 6.42 Å². The number of carbonyl (C=O) groups excluding carboxylic acids is 1. The van der Waals surface area contributed by atoms with E-state index in [0.717, 1.165) is 31.9 Å². The van der Waals surface area contributed by atoms with E-state index in [2.05, 4.69) is 26.2 Å². The highest BCUT2D eigenvalue weighted by Crippen LogP contribution is 1.98. The van der Waals surface area contributed by atoms with E-state index in [1.165, 1.54) is 7.11 Å². The SMILES string of the molecule is COC(=O)CCCN(C)CCn1ccnc1C. The highest BCUT2D eigenvalue weighted by molar-refractivity contribution is 5.69. The average Bonchev–Trinajstić information content (AvgIpc) is 2.72. The molecule has 96 valence electrons. The number of imidazole rings is 1. The monoisotopic (exact) mass is 239 g/mol. The number of aromatic nitrogens is 2. The number of hydrogen-bond acceptors (Lipinski definition) is 4. The van der Waals surface area contributed by atoms with Crippen molar-refractivity contribution in [3.63, 3.8) is 0 Å². The molecular weight excluding hydrogens is 218 g/mol. The highest BCUT2D eigenvalue weighted by atomic mass is 16.5. The summed E-state index contributed by atoms with van der Waals surface area (Å²) in [5.41, 5.74) is 0. The fourth-order valence-electron chi connectivity index (χ4n) is 1.63.